The van der Waals surface area contributed by atoms with Crippen LogP contribution in [0.2, 0.25) is 5.02 Å². The number of halogens is 1. The van der Waals surface area contributed by atoms with E-state index in [4.69, 9.17) is 11.6 Å². The van der Waals surface area contributed by atoms with Crippen molar-refractivity contribution in [1.29, 1.82) is 0 Å². The van der Waals surface area contributed by atoms with E-state index in [1.807, 2.05) is 0 Å². The van der Waals surface area contributed by atoms with Crippen molar-refractivity contribution in [2.45, 2.75) is 42.8 Å². The Morgan fingerprint density at radius 1 is 1.33 bits per heavy atom. The molecule has 2 aliphatic rings. The van der Waals surface area contributed by atoms with Gasteiger partial charge in [-0.2, -0.15) is 0 Å². The smallest absolute Gasteiger partial charge is 0.240 e. The highest BCUT2D eigenvalue weighted by molar-refractivity contribution is 7.89. The largest absolute Gasteiger partial charge is 0.392 e. The summed E-state index contributed by atoms with van der Waals surface area (Å²) < 4.78 is 27.8. The molecule has 2 N–H and O–H groups in total. The van der Waals surface area contributed by atoms with Gasteiger partial charge in [0.1, 0.15) is 0 Å². The van der Waals surface area contributed by atoms with Gasteiger partial charge in [-0.05, 0) is 49.6 Å². The van der Waals surface area contributed by atoms with Gasteiger partial charge in [0.25, 0.3) is 0 Å². The molecule has 5 nitrogen and oxygen atoms in total. The van der Waals surface area contributed by atoms with Crippen molar-refractivity contribution in [2.24, 2.45) is 0 Å². The summed E-state index contributed by atoms with van der Waals surface area (Å²) in [6.07, 6.45) is 3.04. The number of aliphatic hydroxyl groups excluding tert-OH is 1. The van der Waals surface area contributed by atoms with Gasteiger partial charge in [0.2, 0.25) is 10.0 Å². The van der Waals surface area contributed by atoms with Gasteiger partial charge in [0.05, 0.1) is 11.5 Å². The minimum Gasteiger partial charge on any atom is -0.392 e. The van der Waals surface area contributed by atoms with E-state index < -0.39 is 10.0 Å². The van der Waals surface area contributed by atoms with Gasteiger partial charge in [-0.15, -0.1) is 0 Å². The summed E-state index contributed by atoms with van der Waals surface area (Å²) in [7, 11) is -3.58. The fraction of sp³-hybridized carbons (Fsp3) is 0.571. The molecule has 7 heteroatoms. The second-order valence-electron chi connectivity index (χ2n) is 5.67. The van der Waals surface area contributed by atoms with Crippen LogP contribution < -0.4 is 4.72 Å². The van der Waals surface area contributed by atoms with Crippen LogP contribution in [0.5, 0.6) is 0 Å². The van der Waals surface area contributed by atoms with Crippen LogP contribution in [0.4, 0.5) is 0 Å². The monoisotopic (exact) mass is 330 g/mol. The maximum Gasteiger partial charge on any atom is 0.240 e. The second-order valence-corrected chi connectivity index (χ2v) is 7.79. The molecule has 1 aromatic rings. The molecule has 2 unspecified atom stereocenters. The predicted octanol–water partition coefficient (Wildman–Crippen LogP) is 1.35. The highest BCUT2D eigenvalue weighted by Crippen LogP contribution is 2.29. The minimum atomic E-state index is -3.58. The molecule has 0 saturated carbocycles. The third kappa shape index (κ3) is 2.96. The van der Waals surface area contributed by atoms with Crippen LogP contribution in [0.1, 0.15) is 24.8 Å². The summed E-state index contributed by atoms with van der Waals surface area (Å²) in [5.41, 5.74) is 0.424. The van der Waals surface area contributed by atoms with Gasteiger partial charge in [0, 0.05) is 23.7 Å². The molecule has 0 aliphatic carbocycles. The Morgan fingerprint density at radius 3 is 2.90 bits per heavy atom. The highest BCUT2D eigenvalue weighted by atomic mass is 35.5. The maximum absolute atomic E-state index is 12.5. The molecule has 1 aromatic carbocycles. The lowest BCUT2D eigenvalue weighted by Gasteiger charge is -2.21. The fourth-order valence-electron chi connectivity index (χ4n) is 3.33. The van der Waals surface area contributed by atoms with Gasteiger partial charge in [-0.3, -0.25) is 4.90 Å². The third-order valence-corrected chi connectivity index (χ3v) is 6.27. The Bertz CT molecular complexity index is 635. The lowest BCUT2D eigenvalue weighted by Crippen LogP contribution is -2.42. The topological polar surface area (TPSA) is 69.6 Å². The standard InChI is InChI=1S/C14H19ClN2O3S/c15-12-4-3-11(8-10(12)9-18)21(19,20)16-13-5-7-17-6-1-2-14(13)17/h3-4,8,13-14,16,18H,1-2,5-7,9H2. The van der Waals surface area contributed by atoms with Crippen molar-refractivity contribution in [1.82, 2.24) is 9.62 Å². The Kier molecular flexibility index (Phi) is 4.25. The molecule has 3 rings (SSSR count). The van der Waals surface area contributed by atoms with E-state index in [-0.39, 0.29) is 17.5 Å². The number of rotatable bonds is 4. The van der Waals surface area contributed by atoms with Crippen molar-refractivity contribution in [2.75, 3.05) is 13.1 Å². The zero-order valence-corrected chi connectivity index (χ0v) is 13.2. The first kappa shape index (κ1) is 15.2. The fourth-order valence-corrected chi connectivity index (χ4v) is 4.86. The summed E-state index contributed by atoms with van der Waals surface area (Å²) in [5.74, 6) is 0. The molecule has 2 fully saturated rings. The van der Waals surface area contributed by atoms with Gasteiger partial charge in [0.15, 0.2) is 0 Å². The first-order valence-electron chi connectivity index (χ1n) is 7.17. The van der Waals surface area contributed by atoms with E-state index in [1.165, 1.54) is 18.2 Å². The summed E-state index contributed by atoms with van der Waals surface area (Å²) in [6, 6.07) is 4.73. The van der Waals surface area contributed by atoms with E-state index in [1.54, 1.807) is 0 Å². The van der Waals surface area contributed by atoms with Crippen LogP contribution >= 0.6 is 11.6 Å². The summed E-state index contributed by atoms with van der Waals surface area (Å²) in [5, 5.41) is 9.58. The Labute approximate surface area is 130 Å². The number of hydrogen-bond donors (Lipinski definition) is 2. The van der Waals surface area contributed by atoms with Crippen LogP contribution in [-0.2, 0) is 16.6 Å². The minimum absolute atomic E-state index is 0.0224. The zero-order valence-electron chi connectivity index (χ0n) is 11.6. The molecule has 2 heterocycles. The van der Waals surface area contributed by atoms with Gasteiger partial charge in [-0.1, -0.05) is 11.6 Å². The van der Waals surface area contributed by atoms with Crippen molar-refractivity contribution in [3.05, 3.63) is 28.8 Å². The lowest BCUT2D eigenvalue weighted by molar-refractivity contribution is 0.281. The van der Waals surface area contributed by atoms with Gasteiger partial charge < -0.3 is 5.11 Å². The molecule has 0 bridgehead atoms. The van der Waals surface area contributed by atoms with Crippen LogP contribution in [0, 0.1) is 0 Å². The quantitative estimate of drug-likeness (QED) is 0.874. The molecule has 2 saturated heterocycles. The number of aliphatic hydroxyl groups is 1. The summed E-state index contributed by atoms with van der Waals surface area (Å²) >= 11 is 5.91. The first-order chi connectivity index (χ1) is 10.0. The van der Waals surface area contributed by atoms with Crippen molar-refractivity contribution >= 4 is 21.6 Å². The zero-order chi connectivity index (χ0) is 15.0. The molecule has 0 amide bonds. The number of hydrogen-bond acceptors (Lipinski definition) is 4. The third-order valence-electron chi connectivity index (χ3n) is 4.41. The van der Waals surface area contributed by atoms with E-state index in [0.717, 1.165) is 32.4 Å². The van der Waals surface area contributed by atoms with E-state index in [0.29, 0.717) is 16.6 Å². The predicted molar refractivity (Wildman–Crippen MR) is 80.7 cm³/mol. The lowest BCUT2D eigenvalue weighted by atomic mass is 10.1. The molecule has 0 spiro atoms. The van der Waals surface area contributed by atoms with Crippen LogP contribution in [-0.4, -0.2) is 43.6 Å². The normalized spacial score (nSPS) is 26.2. The molecule has 116 valence electrons. The van der Waals surface area contributed by atoms with E-state index >= 15 is 0 Å². The summed E-state index contributed by atoms with van der Waals surface area (Å²) in [4.78, 5) is 2.51. The number of benzene rings is 1. The SMILES string of the molecule is O=S(=O)(NC1CCN2CCCC12)c1ccc(Cl)c(CO)c1. The maximum atomic E-state index is 12.5. The van der Waals surface area contributed by atoms with Crippen LogP contribution in [0.25, 0.3) is 0 Å². The first-order valence-corrected chi connectivity index (χ1v) is 9.03. The summed E-state index contributed by atoms with van der Waals surface area (Å²) in [6.45, 7) is 1.75. The van der Waals surface area contributed by atoms with Crippen molar-refractivity contribution in [3.63, 3.8) is 0 Å². The molecule has 0 radical (unpaired) electrons. The highest BCUT2D eigenvalue weighted by Gasteiger charge is 2.39. The van der Waals surface area contributed by atoms with Crippen LogP contribution in [0.3, 0.4) is 0 Å². The number of fused-ring (bicyclic) bond motifs is 1. The number of nitrogens with one attached hydrogen (secondary N) is 1. The van der Waals surface area contributed by atoms with Crippen LogP contribution in [0.15, 0.2) is 23.1 Å². The molecule has 2 aliphatic heterocycles. The van der Waals surface area contributed by atoms with Crippen molar-refractivity contribution < 1.29 is 13.5 Å². The number of nitrogens with zero attached hydrogens (tertiary/aromatic N) is 1. The Hall–Kier alpha value is -0.660. The molecule has 0 aromatic heterocycles. The average Bonchev–Trinajstić information content (AvgIpc) is 3.04. The van der Waals surface area contributed by atoms with Crippen molar-refractivity contribution in [3.8, 4) is 0 Å². The Balaban J connectivity index is 1.81. The van der Waals surface area contributed by atoms with E-state index in [2.05, 4.69) is 9.62 Å². The van der Waals surface area contributed by atoms with Gasteiger partial charge >= 0.3 is 0 Å². The van der Waals surface area contributed by atoms with E-state index in [9.17, 15) is 13.5 Å². The second kappa shape index (κ2) is 5.85. The average molecular weight is 331 g/mol. The Morgan fingerprint density at radius 2 is 2.14 bits per heavy atom. The molecular weight excluding hydrogens is 312 g/mol. The molecule has 2 atom stereocenters. The number of sulfonamides is 1. The molecule has 21 heavy (non-hydrogen) atoms. The molecular formula is C14H19ClN2O3S. The van der Waals surface area contributed by atoms with Gasteiger partial charge in [-0.25, -0.2) is 13.1 Å².